The first kappa shape index (κ1) is 13.7. The maximum Gasteiger partial charge on any atom is 0.329 e. The molecule has 0 amide bonds. The zero-order valence-electron chi connectivity index (χ0n) is 11.4. The minimum absolute atomic E-state index is 0.162. The van der Waals surface area contributed by atoms with Crippen LogP contribution in [0.25, 0.3) is 0 Å². The number of hydrogen-bond donors (Lipinski definition) is 2. The molecule has 20 heavy (non-hydrogen) atoms. The summed E-state index contributed by atoms with van der Waals surface area (Å²) in [7, 11) is 3.49. The van der Waals surface area contributed by atoms with Crippen LogP contribution in [0.15, 0.2) is 12.4 Å². The number of hydrogen-bond acceptors (Lipinski definition) is 7. The highest BCUT2D eigenvalue weighted by molar-refractivity contribution is 5.57. The Labute approximate surface area is 115 Å². The third-order valence-corrected chi connectivity index (χ3v) is 2.97. The van der Waals surface area contributed by atoms with Crippen LogP contribution in [0.2, 0.25) is 0 Å². The number of rotatable bonds is 5. The van der Waals surface area contributed by atoms with Crippen molar-refractivity contribution in [3.8, 4) is 0 Å². The topological polar surface area (TPSA) is 111 Å². The van der Waals surface area contributed by atoms with Crippen molar-refractivity contribution in [2.24, 2.45) is 7.05 Å². The van der Waals surface area contributed by atoms with Gasteiger partial charge in [-0.15, -0.1) is 0 Å². The summed E-state index contributed by atoms with van der Waals surface area (Å²) in [5.74, 6) is 0.499. The van der Waals surface area contributed by atoms with Gasteiger partial charge >= 0.3 is 5.69 Å². The van der Waals surface area contributed by atoms with Crippen LogP contribution in [0.4, 0.5) is 17.5 Å². The molecule has 0 aliphatic carbocycles. The Hall–Kier alpha value is -2.71. The van der Waals surface area contributed by atoms with Gasteiger partial charge in [-0.2, -0.15) is 10.1 Å². The molecule has 0 spiro atoms. The van der Waals surface area contributed by atoms with E-state index in [2.05, 4.69) is 25.7 Å². The van der Waals surface area contributed by atoms with Crippen molar-refractivity contribution in [1.29, 1.82) is 0 Å². The van der Waals surface area contributed by atoms with Gasteiger partial charge in [0.1, 0.15) is 6.20 Å². The number of aryl methyl sites for hydroxylation is 1. The average molecular weight is 277 g/mol. The quantitative estimate of drug-likeness (QED) is 0.621. The zero-order chi connectivity index (χ0) is 14.7. The summed E-state index contributed by atoms with van der Waals surface area (Å²) in [6.07, 6.45) is 2.89. The van der Waals surface area contributed by atoms with Crippen molar-refractivity contribution in [2.45, 2.75) is 13.5 Å². The molecule has 0 unspecified atom stereocenters. The number of nitro groups is 1. The van der Waals surface area contributed by atoms with Gasteiger partial charge in [0.2, 0.25) is 11.8 Å². The number of nitrogens with one attached hydrogen (secondary N) is 2. The van der Waals surface area contributed by atoms with E-state index in [-0.39, 0.29) is 11.5 Å². The standard InChI is InChI=1S/C11H15N7O2/c1-7-8(5-15-17(7)3)4-13-10-9(18(19)20)6-14-11(12-2)16-10/h5-6H,4H2,1-3H3,(H2,12,13,14,16). The van der Waals surface area contributed by atoms with Crippen LogP contribution in [-0.4, -0.2) is 31.7 Å². The van der Waals surface area contributed by atoms with Gasteiger partial charge in [-0.05, 0) is 6.92 Å². The van der Waals surface area contributed by atoms with Gasteiger partial charge in [0.25, 0.3) is 0 Å². The molecule has 2 N–H and O–H groups in total. The largest absolute Gasteiger partial charge is 0.360 e. The average Bonchev–Trinajstić information content (AvgIpc) is 2.76. The Bertz CT molecular complexity index is 638. The van der Waals surface area contributed by atoms with E-state index in [1.165, 1.54) is 6.20 Å². The van der Waals surface area contributed by atoms with E-state index in [0.29, 0.717) is 12.5 Å². The molecule has 0 aliphatic heterocycles. The van der Waals surface area contributed by atoms with Gasteiger partial charge in [-0.25, -0.2) is 4.98 Å². The fourth-order valence-electron chi connectivity index (χ4n) is 1.66. The highest BCUT2D eigenvalue weighted by atomic mass is 16.6. The molecule has 106 valence electrons. The van der Waals surface area contributed by atoms with Crippen LogP contribution in [-0.2, 0) is 13.6 Å². The smallest absolute Gasteiger partial charge is 0.329 e. The molecule has 0 atom stereocenters. The summed E-state index contributed by atoms with van der Waals surface area (Å²) in [6.45, 7) is 2.33. The zero-order valence-corrected chi connectivity index (χ0v) is 11.4. The lowest BCUT2D eigenvalue weighted by molar-refractivity contribution is -0.384. The summed E-state index contributed by atoms with van der Waals surface area (Å²) >= 11 is 0. The lowest BCUT2D eigenvalue weighted by atomic mass is 10.2. The predicted octanol–water partition coefficient (Wildman–Crippen LogP) is 1.08. The van der Waals surface area contributed by atoms with Crippen LogP contribution in [0.1, 0.15) is 11.3 Å². The second kappa shape index (κ2) is 5.51. The monoisotopic (exact) mass is 277 g/mol. The maximum atomic E-state index is 11.0. The molecular formula is C11H15N7O2. The Morgan fingerprint density at radius 3 is 2.75 bits per heavy atom. The Morgan fingerprint density at radius 1 is 1.45 bits per heavy atom. The summed E-state index contributed by atoms with van der Waals surface area (Å²) in [5, 5.41) is 20.8. The fourth-order valence-corrected chi connectivity index (χ4v) is 1.66. The molecule has 2 rings (SSSR count). The number of nitrogens with zero attached hydrogens (tertiary/aromatic N) is 5. The van der Waals surface area contributed by atoms with Gasteiger partial charge in [0, 0.05) is 31.9 Å². The second-order valence-corrected chi connectivity index (χ2v) is 4.17. The minimum atomic E-state index is -0.516. The van der Waals surface area contributed by atoms with Crippen LogP contribution in [0, 0.1) is 17.0 Å². The van der Waals surface area contributed by atoms with Crippen molar-refractivity contribution in [2.75, 3.05) is 17.7 Å². The number of aromatic nitrogens is 4. The summed E-state index contributed by atoms with van der Waals surface area (Å²) in [4.78, 5) is 18.3. The Morgan fingerprint density at radius 2 is 2.20 bits per heavy atom. The Balaban J connectivity index is 2.23. The van der Waals surface area contributed by atoms with Crippen molar-refractivity contribution in [3.63, 3.8) is 0 Å². The molecule has 0 bridgehead atoms. The van der Waals surface area contributed by atoms with Crippen molar-refractivity contribution >= 4 is 17.5 Å². The van der Waals surface area contributed by atoms with E-state index in [1.54, 1.807) is 17.9 Å². The molecule has 9 heteroatoms. The predicted molar refractivity (Wildman–Crippen MR) is 73.5 cm³/mol. The van der Waals surface area contributed by atoms with Gasteiger partial charge < -0.3 is 10.6 Å². The van der Waals surface area contributed by atoms with E-state index in [0.717, 1.165) is 11.3 Å². The maximum absolute atomic E-state index is 11.0. The highest BCUT2D eigenvalue weighted by Gasteiger charge is 2.17. The highest BCUT2D eigenvalue weighted by Crippen LogP contribution is 2.22. The molecule has 0 saturated heterocycles. The van der Waals surface area contributed by atoms with Gasteiger partial charge in [-0.3, -0.25) is 14.8 Å². The Kier molecular flexibility index (Phi) is 3.78. The lowest BCUT2D eigenvalue weighted by Crippen LogP contribution is -2.08. The van der Waals surface area contributed by atoms with E-state index >= 15 is 0 Å². The first-order chi connectivity index (χ1) is 9.52. The van der Waals surface area contributed by atoms with Crippen molar-refractivity contribution < 1.29 is 4.92 Å². The van der Waals surface area contributed by atoms with Crippen LogP contribution in [0.3, 0.4) is 0 Å². The van der Waals surface area contributed by atoms with Gasteiger partial charge in [0.05, 0.1) is 11.1 Å². The fraction of sp³-hybridized carbons (Fsp3) is 0.364. The molecule has 0 aromatic carbocycles. The second-order valence-electron chi connectivity index (χ2n) is 4.17. The van der Waals surface area contributed by atoms with Gasteiger partial charge in [-0.1, -0.05) is 0 Å². The molecule has 2 aromatic rings. The van der Waals surface area contributed by atoms with E-state index < -0.39 is 4.92 Å². The van der Waals surface area contributed by atoms with Crippen LogP contribution in [0.5, 0.6) is 0 Å². The van der Waals surface area contributed by atoms with Crippen LogP contribution >= 0.6 is 0 Å². The van der Waals surface area contributed by atoms with Crippen molar-refractivity contribution in [1.82, 2.24) is 19.7 Å². The third-order valence-electron chi connectivity index (χ3n) is 2.97. The van der Waals surface area contributed by atoms with Gasteiger partial charge in [0.15, 0.2) is 0 Å². The van der Waals surface area contributed by atoms with E-state index in [9.17, 15) is 10.1 Å². The molecule has 2 heterocycles. The molecule has 0 saturated carbocycles. The molecule has 2 aromatic heterocycles. The summed E-state index contributed by atoms with van der Waals surface area (Å²) in [6, 6.07) is 0. The third kappa shape index (κ3) is 2.66. The summed E-state index contributed by atoms with van der Waals surface area (Å²) < 4.78 is 1.74. The number of anilines is 2. The molecule has 0 fully saturated rings. The van der Waals surface area contributed by atoms with E-state index in [4.69, 9.17) is 0 Å². The first-order valence-electron chi connectivity index (χ1n) is 5.93. The first-order valence-corrected chi connectivity index (χ1v) is 5.93. The molecular weight excluding hydrogens is 262 g/mol. The molecule has 0 aliphatic rings. The normalized spacial score (nSPS) is 10.3. The van der Waals surface area contributed by atoms with E-state index in [1.807, 2.05) is 14.0 Å². The van der Waals surface area contributed by atoms with Crippen LogP contribution < -0.4 is 10.6 Å². The summed E-state index contributed by atoms with van der Waals surface area (Å²) in [5.41, 5.74) is 1.78. The minimum Gasteiger partial charge on any atom is -0.360 e. The molecule has 9 nitrogen and oxygen atoms in total. The molecule has 0 radical (unpaired) electrons. The van der Waals surface area contributed by atoms with Crippen molar-refractivity contribution in [3.05, 3.63) is 33.8 Å². The lowest BCUT2D eigenvalue weighted by Gasteiger charge is -2.07. The SMILES string of the molecule is CNc1ncc([N+](=O)[O-])c(NCc2cnn(C)c2C)n1.